The molecular formula is C12H14N2O2. The zero-order valence-corrected chi connectivity index (χ0v) is 9.14. The predicted octanol–water partition coefficient (Wildman–Crippen LogP) is 1.43. The number of pyridine rings is 1. The third-order valence-corrected chi connectivity index (χ3v) is 1.92. The Hall–Kier alpha value is -1.97. The summed E-state index contributed by atoms with van der Waals surface area (Å²) < 4.78 is 0. The van der Waals surface area contributed by atoms with Gasteiger partial charge in [0.25, 0.3) is 0 Å². The Labute approximate surface area is 94.4 Å². The van der Waals surface area contributed by atoms with Gasteiger partial charge in [0.15, 0.2) is 6.29 Å². The van der Waals surface area contributed by atoms with E-state index < -0.39 is 0 Å². The summed E-state index contributed by atoms with van der Waals surface area (Å²) in [6.07, 6.45) is 6.84. The Morgan fingerprint density at radius 1 is 1.50 bits per heavy atom. The average Bonchev–Trinajstić information content (AvgIpc) is 2.29. The topological polar surface area (TPSA) is 59.1 Å². The van der Waals surface area contributed by atoms with Crippen LogP contribution < -0.4 is 5.32 Å². The summed E-state index contributed by atoms with van der Waals surface area (Å²) in [4.78, 5) is 25.0. The highest BCUT2D eigenvalue weighted by Gasteiger charge is 1.91. The van der Waals surface area contributed by atoms with Gasteiger partial charge in [-0.05, 0) is 24.6 Å². The Morgan fingerprint density at radius 2 is 2.31 bits per heavy atom. The van der Waals surface area contributed by atoms with Gasteiger partial charge in [-0.1, -0.05) is 6.08 Å². The van der Waals surface area contributed by atoms with E-state index in [2.05, 4.69) is 10.3 Å². The van der Waals surface area contributed by atoms with Crippen LogP contribution in [0.15, 0.2) is 24.4 Å². The van der Waals surface area contributed by atoms with Crippen molar-refractivity contribution in [2.75, 3.05) is 6.54 Å². The van der Waals surface area contributed by atoms with Crippen molar-refractivity contribution in [3.63, 3.8) is 0 Å². The molecule has 1 aromatic rings. The molecule has 0 saturated carbocycles. The molecular weight excluding hydrogens is 204 g/mol. The lowest BCUT2D eigenvalue weighted by Crippen LogP contribution is -2.20. The van der Waals surface area contributed by atoms with Gasteiger partial charge >= 0.3 is 0 Å². The first kappa shape index (κ1) is 12.1. The maximum atomic E-state index is 10.6. The van der Waals surface area contributed by atoms with Crippen LogP contribution in [-0.2, 0) is 4.79 Å². The van der Waals surface area contributed by atoms with E-state index in [0.29, 0.717) is 12.1 Å². The van der Waals surface area contributed by atoms with E-state index in [1.807, 2.05) is 12.2 Å². The molecule has 4 nitrogen and oxygen atoms in total. The molecule has 1 aromatic heterocycles. The van der Waals surface area contributed by atoms with Crippen molar-refractivity contribution in [2.24, 2.45) is 0 Å². The number of amides is 1. The van der Waals surface area contributed by atoms with Crippen molar-refractivity contribution in [3.05, 3.63) is 35.7 Å². The van der Waals surface area contributed by atoms with Gasteiger partial charge < -0.3 is 5.32 Å². The summed E-state index contributed by atoms with van der Waals surface area (Å²) in [6, 6.07) is 3.49. The summed E-state index contributed by atoms with van der Waals surface area (Å²) in [5.41, 5.74) is 1.36. The highest BCUT2D eigenvalue weighted by Crippen LogP contribution is 2.00. The number of hydrogen-bond acceptors (Lipinski definition) is 3. The van der Waals surface area contributed by atoms with Crippen molar-refractivity contribution in [1.29, 1.82) is 0 Å². The SMILES string of the molecule is CC(=O)NCCC=Cc1ccc(C=O)cn1. The summed E-state index contributed by atoms with van der Waals surface area (Å²) in [6.45, 7) is 2.11. The molecule has 0 aliphatic rings. The molecule has 0 radical (unpaired) electrons. The Kier molecular flexibility index (Phi) is 4.92. The number of carbonyl (C=O) groups excluding carboxylic acids is 2. The molecule has 0 bridgehead atoms. The molecule has 0 aliphatic carbocycles. The van der Waals surface area contributed by atoms with Crippen LogP contribution in [0.1, 0.15) is 29.4 Å². The number of aldehydes is 1. The summed E-state index contributed by atoms with van der Waals surface area (Å²) in [7, 11) is 0. The normalized spacial score (nSPS) is 10.3. The second-order valence-corrected chi connectivity index (χ2v) is 3.31. The van der Waals surface area contributed by atoms with Crippen LogP contribution >= 0.6 is 0 Å². The average molecular weight is 218 g/mol. The summed E-state index contributed by atoms with van der Waals surface area (Å²) in [5.74, 6) is -0.0261. The van der Waals surface area contributed by atoms with Crippen LogP contribution in [-0.4, -0.2) is 23.7 Å². The van der Waals surface area contributed by atoms with Crippen molar-refractivity contribution in [1.82, 2.24) is 10.3 Å². The lowest BCUT2D eigenvalue weighted by molar-refractivity contribution is -0.118. The molecule has 0 unspecified atom stereocenters. The van der Waals surface area contributed by atoms with E-state index in [1.165, 1.54) is 13.1 Å². The minimum absolute atomic E-state index is 0.0261. The molecule has 16 heavy (non-hydrogen) atoms. The first-order valence-corrected chi connectivity index (χ1v) is 5.04. The zero-order chi connectivity index (χ0) is 11.8. The van der Waals surface area contributed by atoms with E-state index in [4.69, 9.17) is 0 Å². The van der Waals surface area contributed by atoms with Gasteiger partial charge in [0.05, 0.1) is 5.69 Å². The molecule has 1 N–H and O–H groups in total. The smallest absolute Gasteiger partial charge is 0.216 e. The van der Waals surface area contributed by atoms with E-state index in [1.54, 1.807) is 12.1 Å². The number of rotatable bonds is 5. The van der Waals surface area contributed by atoms with Crippen LogP contribution in [0.5, 0.6) is 0 Å². The van der Waals surface area contributed by atoms with Crippen LogP contribution in [0.3, 0.4) is 0 Å². The van der Waals surface area contributed by atoms with E-state index in [-0.39, 0.29) is 5.91 Å². The molecule has 0 fully saturated rings. The monoisotopic (exact) mass is 218 g/mol. The van der Waals surface area contributed by atoms with Crippen molar-refractivity contribution < 1.29 is 9.59 Å². The van der Waals surface area contributed by atoms with Gasteiger partial charge in [-0.2, -0.15) is 0 Å². The number of carbonyl (C=O) groups is 2. The molecule has 0 aromatic carbocycles. The van der Waals surface area contributed by atoms with E-state index in [9.17, 15) is 9.59 Å². The fourth-order valence-corrected chi connectivity index (χ4v) is 1.12. The predicted molar refractivity (Wildman–Crippen MR) is 62.0 cm³/mol. The highest BCUT2D eigenvalue weighted by molar-refractivity contribution is 5.74. The molecule has 4 heteroatoms. The quantitative estimate of drug-likeness (QED) is 0.601. The molecule has 0 atom stereocenters. The molecule has 1 rings (SSSR count). The molecule has 1 heterocycles. The Balaban J connectivity index is 2.37. The molecule has 0 aliphatic heterocycles. The van der Waals surface area contributed by atoms with Gasteiger partial charge in [0, 0.05) is 25.2 Å². The van der Waals surface area contributed by atoms with Crippen LogP contribution in [0, 0.1) is 0 Å². The number of nitrogens with zero attached hydrogens (tertiary/aromatic N) is 1. The first-order valence-electron chi connectivity index (χ1n) is 5.04. The van der Waals surface area contributed by atoms with E-state index >= 15 is 0 Å². The molecule has 0 spiro atoms. The largest absolute Gasteiger partial charge is 0.356 e. The maximum Gasteiger partial charge on any atom is 0.216 e. The van der Waals surface area contributed by atoms with Gasteiger partial charge in [0.1, 0.15) is 0 Å². The zero-order valence-electron chi connectivity index (χ0n) is 9.14. The first-order chi connectivity index (χ1) is 7.72. The summed E-state index contributed by atoms with van der Waals surface area (Å²) >= 11 is 0. The third kappa shape index (κ3) is 4.50. The van der Waals surface area contributed by atoms with Crippen molar-refractivity contribution in [2.45, 2.75) is 13.3 Å². The second kappa shape index (κ2) is 6.50. The minimum atomic E-state index is -0.0261. The number of aromatic nitrogens is 1. The second-order valence-electron chi connectivity index (χ2n) is 3.31. The number of nitrogens with one attached hydrogen (secondary N) is 1. The van der Waals surface area contributed by atoms with Crippen molar-refractivity contribution in [3.8, 4) is 0 Å². The maximum absolute atomic E-state index is 10.6. The number of hydrogen-bond donors (Lipinski definition) is 1. The third-order valence-electron chi connectivity index (χ3n) is 1.92. The fourth-order valence-electron chi connectivity index (χ4n) is 1.12. The van der Waals surface area contributed by atoms with Crippen LogP contribution in [0.2, 0.25) is 0 Å². The van der Waals surface area contributed by atoms with Crippen LogP contribution in [0.25, 0.3) is 6.08 Å². The fraction of sp³-hybridized carbons (Fsp3) is 0.250. The molecule has 0 saturated heterocycles. The molecule has 84 valence electrons. The van der Waals surface area contributed by atoms with Gasteiger partial charge in [0.2, 0.25) is 5.91 Å². The minimum Gasteiger partial charge on any atom is -0.356 e. The van der Waals surface area contributed by atoms with Crippen LogP contribution in [0.4, 0.5) is 0 Å². The standard InChI is InChI=1S/C12H14N2O2/c1-10(16)13-7-3-2-4-12-6-5-11(9-15)8-14-12/h2,4-6,8-9H,3,7H2,1H3,(H,13,16). The van der Waals surface area contributed by atoms with E-state index in [0.717, 1.165) is 18.4 Å². The lowest BCUT2D eigenvalue weighted by atomic mass is 10.2. The van der Waals surface area contributed by atoms with Gasteiger partial charge in [-0.25, -0.2) is 0 Å². The Morgan fingerprint density at radius 3 is 2.88 bits per heavy atom. The summed E-state index contributed by atoms with van der Waals surface area (Å²) in [5, 5.41) is 2.69. The lowest BCUT2D eigenvalue weighted by Gasteiger charge is -1.97. The van der Waals surface area contributed by atoms with Gasteiger partial charge in [-0.3, -0.25) is 14.6 Å². The Bertz CT molecular complexity index is 383. The highest BCUT2D eigenvalue weighted by atomic mass is 16.1. The van der Waals surface area contributed by atoms with Gasteiger partial charge in [-0.15, -0.1) is 0 Å². The van der Waals surface area contributed by atoms with Crippen molar-refractivity contribution >= 4 is 18.3 Å². The molecule has 1 amide bonds.